The van der Waals surface area contributed by atoms with Crippen LogP contribution >= 0.6 is 0 Å². The Hall–Kier alpha value is -2.66. The molecule has 0 saturated carbocycles. The minimum absolute atomic E-state index is 0.363. The molecule has 5 nitrogen and oxygen atoms in total. The first-order chi connectivity index (χ1) is 13.2. The van der Waals surface area contributed by atoms with E-state index >= 15 is 0 Å². The van der Waals surface area contributed by atoms with Gasteiger partial charge in [-0.25, -0.2) is 4.98 Å². The Morgan fingerprint density at radius 1 is 1.19 bits per heavy atom. The Labute approximate surface area is 159 Å². The topological polar surface area (TPSA) is 72.4 Å². The molecule has 0 spiro atoms. The number of carbonyl (C=O) groups excluding carboxylic acids is 1. The summed E-state index contributed by atoms with van der Waals surface area (Å²) >= 11 is 0. The van der Waals surface area contributed by atoms with Gasteiger partial charge in [0.05, 0.1) is 5.56 Å². The minimum Gasteiger partial charge on any atom is -0.435 e. The standard InChI is InChI=1S/C22H25N3O2/c1-2-12-25-13-10-16(11-14-25)15-6-8-17(9-7-15)22-24-19-5-3-4-18(21(23)26)20(19)27-22/h3-9,16H,2,10-14H2,1H3,(H2,23,26). The van der Waals surface area contributed by atoms with Crippen LogP contribution in [0.5, 0.6) is 0 Å². The molecule has 1 aliphatic rings. The van der Waals surface area contributed by atoms with Crippen molar-refractivity contribution in [2.75, 3.05) is 19.6 Å². The van der Waals surface area contributed by atoms with Crippen molar-refractivity contribution in [1.82, 2.24) is 9.88 Å². The molecule has 27 heavy (non-hydrogen) atoms. The van der Waals surface area contributed by atoms with E-state index in [9.17, 15) is 4.79 Å². The summed E-state index contributed by atoms with van der Waals surface area (Å²) in [5, 5.41) is 0. The third-order valence-electron chi connectivity index (χ3n) is 5.44. The van der Waals surface area contributed by atoms with Gasteiger partial charge in [0.1, 0.15) is 5.52 Å². The van der Waals surface area contributed by atoms with Crippen LogP contribution in [-0.4, -0.2) is 35.4 Å². The fraction of sp³-hybridized carbons (Fsp3) is 0.364. The lowest BCUT2D eigenvalue weighted by atomic mass is 9.89. The van der Waals surface area contributed by atoms with Gasteiger partial charge >= 0.3 is 0 Å². The van der Waals surface area contributed by atoms with Gasteiger partial charge in [-0.15, -0.1) is 0 Å². The summed E-state index contributed by atoms with van der Waals surface area (Å²) in [5.74, 6) is 0.633. The molecule has 1 saturated heterocycles. The maximum absolute atomic E-state index is 11.6. The zero-order valence-electron chi connectivity index (χ0n) is 15.6. The van der Waals surface area contributed by atoms with Gasteiger partial charge in [-0.1, -0.05) is 25.1 Å². The van der Waals surface area contributed by atoms with Crippen LogP contribution in [0.15, 0.2) is 46.9 Å². The van der Waals surface area contributed by atoms with E-state index in [-0.39, 0.29) is 0 Å². The number of oxazole rings is 1. The summed E-state index contributed by atoms with van der Waals surface area (Å²) < 4.78 is 5.85. The average molecular weight is 363 g/mol. The SMILES string of the molecule is CCCN1CCC(c2ccc(-c3nc4cccc(C(N)=O)c4o3)cc2)CC1. The molecule has 1 fully saturated rings. The molecule has 0 aliphatic carbocycles. The van der Waals surface area contributed by atoms with Crippen LogP contribution in [0.25, 0.3) is 22.6 Å². The molecule has 1 aromatic heterocycles. The van der Waals surface area contributed by atoms with E-state index in [0.717, 1.165) is 5.56 Å². The molecule has 2 N–H and O–H groups in total. The highest BCUT2D eigenvalue weighted by Crippen LogP contribution is 2.31. The summed E-state index contributed by atoms with van der Waals surface area (Å²) in [5.41, 5.74) is 9.18. The molecule has 0 unspecified atom stereocenters. The monoisotopic (exact) mass is 363 g/mol. The maximum atomic E-state index is 11.6. The third-order valence-corrected chi connectivity index (χ3v) is 5.44. The Kier molecular flexibility index (Phi) is 4.94. The highest BCUT2D eigenvalue weighted by atomic mass is 16.3. The Balaban J connectivity index is 1.54. The molecular weight excluding hydrogens is 338 g/mol. The van der Waals surface area contributed by atoms with Crippen molar-refractivity contribution in [3.8, 4) is 11.5 Å². The molecule has 2 aromatic carbocycles. The highest BCUT2D eigenvalue weighted by molar-refractivity contribution is 6.03. The summed E-state index contributed by atoms with van der Waals surface area (Å²) in [7, 11) is 0. The third kappa shape index (κ3) is 3.60. The number of primary amides is 1. The van der Waals surface area contributed by atoms with Crippen LogP contribution in [0.3, 0.4) is 0 Å². The molecule has 4 rings (SSSR count). The molecular formula is C22H25N3O2. The van der Waals surface area contributed by atoms with E-state index < -0.39 is 5.91 Å². The molecule has 3 aromatic rings. The lowest BCUT2D eigenvalue weighted by molar-refractivity contribution is 0.100. The Bertz CT molecular complexity index is 938. The van der Waals surface area contributed by atoms with Gasteiger partial charge in [-0.2, -0.15) is 0 Å². The number of hydrogen-bond donors (Lipinski definition) is 1. The fourth-order valence-corrected chi connectivity index (χ4v) is 3.97. The minimum atomic E-state index is -0.506. The van der Waals surface area contributed by atoms with Crippen LogP contribution in [0, 0.1) is 0 Å². The van der Waals surface area contributed by atoms with Crippen molar-refractivity contribution >= 4 is 17.0 Å². The summed E-state index contributed by atoms with van der Waals surface area (Å²) in [6.07, 6.45) is 3.65. The smallest absolute Gasteiger partial charge is 0.252 e. The predicted molar refractivity (Wildman–Crippen MR) is 107 cm³/mol. The second-order valence-corrected chi connectivity index (χ2v) is 7.28. The second kappa shape index (κ2) is 7.53. The number of amides is 1. The van der Waals surface area contributed by atoms with E-state index in [1.54, 1.807) is 12.1 Å². The zero-order chi connectivity index (χ0) is 18.8. The number of aromatic nitrogens is 1. The Morgan fingerprint density at radius 2 is 1.93 bits per heavy atom. The lowest BCUT2D eigenvalue weighted by Crippen LogP contribution is -2.33. The Morgan fingerprint density at radius 3 is 2.59 bits per heavy atom. The van der Waals surface area contributed by atoms with E-state index in [2.05, 4.69) is 41.1 Å². The summed E-state index contributed by atoms with van der Waals surface area (Å²) in [6, 6.07) is 13.7. The number of hydrogen-bond acceptors (Lipinski definition) is 4. The summed E-state index contributed by atoms with van der Waals surface area (Å²) in [6.45, 7) is 5.81. The van der Waals surface area contributed by atoms with Gasteiger partial charge in [0.2, 0.25) is 5.89 Å². The zero-order valence-corrected chi connectivity index (χ0v) is 15.6. The van der Waals surface area contributed by atoms with Crippen LogP contribution < -0.4 is 5.73 Å². The van der Waals surface area contributed by atoms with Gasteiger partial charge in [-0.3, -0.25) is 4.79 Å². The number of nitrogens with zero attached hydrogens (tertiary/aromatic N) is 2. The van der Waals surface area contributed by atoms with Crippen molar-refractivity contribution in [3.63, 3.8) is 0 Å². The number of carbonyl (C=O) groups is 1. The number of benzene rings is 2. The molecule has 5 heteroatoms. The quantitative estimate of drug-likeness (QED) is 0.738. The van der Waals surface area contributed by atoms with Crippen molar-refractivity contribution in [3.05, 3.63) is 53.6 Å². The largest absolute Gasteiger partial charge is 0.435 e. The number of fused-ring (bicyclic) bond motifs is 1. The molecule has 0 atom stereocenters. The van der Waals surface area contributed by atoms with Crippen LogP contribution in [-0.2, 0) is 0 Å². The van der Waals surface area contributed by atoms with Crippen LogP contribution in [0.4, 0.5) is 0 Å². The molecule has 2 heterocycles. The average Bonchev–Trinajstić information content (AvgIpc) is 3.13. The van der Waals surface area contributed by atoms with Crippen LogP contribution in [0.2, 0.25) is 0 Å². The van der Waals surface area contributed by atoms with E-state index in [4.69, 9.17) is 10.2 Å². The van der Waals surface area contributed by atoms with Gasteiger partial charge < -0.3 is 15.1 Å². The number of likely N-dealkylation sites (tertiary alicyclic amines) is 1. The van der Waals surface area contributed by atoms with E-state index in [1.165, 1.54) is 44.5 Å². The van der Waals surface area contributed by atoms with E-state index in [0.29, 0.717) is 28.5 Å². The molecule has 1 aliphatic heterocycles. The summed E-state index contributed by atoms with van der Waals surface area (Å²) in [4.78, 5) is 18.6. The van der Waals surface area contributed by atoms with Gasteiger partial charge in [0, 0.05) is 5.56 Å². The van der Waals surface area contributed by atoms with Gasteiger partial charge in [0.25, 0.3) is 5.91 Å². The predicted octanol–water partition coefficient (Wildman–Crippen LogP) is 4.18. The van der Waals surface area contributed by atoms with Gasteiger partial charge in [0.15, 0.2) is 5.58 Å². The lowest BCUT2D eigenvalue weighted by Gasteiger charge is -2.31. The van der Waals surface area contributed by atoms with Crippen LogP contribution in [0.1, 0.15) is 48.0 Å². The van der Waals surface area contributed by atoms with Crippen molar-refractivity contribution in [1.29, 1.82) is 0 Å². The van der Waals surface area contributed by atoms with Gasteiger partial charge in [-0.05, 0) is 74.6 Å². The molecule has 0 radical (unpaired) electrons. The fourth-order valence-electron chi connectivity index (χ4n) is 3.97. The van der Waals surface area contributed by atoms with Crippen molar-refractivity contribution in [2.45, 2.75) is 32.1 Å². The number of piperidine rings is 1. The molecule has 1 amide bonds. The molecule has 140 valence electrons. The first kappa shape index (κ1) is 17.7. The molecule has 0 bridgehead atoms. The van der Waals surface area contributed by atoms with E-state index in [1.807, 2.05) is 6.07 Å². The maximum Gasteiger partial charge on any atom is 0.252 e. The second-order valence-electron chi connectivity index (χ2n) is 7.28. The normalized spacial score (nSPS) is 16.0. The van der Waals surface area contributed by atoms with Crippen molar-refractivity contribution < 1.29 is 9.21 Å². The highest BCUT2D eigenvalue weighted by Gasteiger charge is 2.20. The first-order valence-corrected chi connectivity index (χ1v) is 9.67. The first-order valence-electron chi connectivity index (χ1n) is 9.67. The number of para-hydroxylation sites is 1. The van der Waals surface area contributed by atoms with Crippen molar-refractivity contribution in [2.24, 2.45) is 5.73 Å². The number of nitrogens with two attached hydrogens (primary N) is 1. The number of rotatable bonds is 5.